The zero-order valence-electron chi connectivity index (χ0n) is 7.76. The van der Waals surface area contributed by atoms with E-state index in [9.17, 15) is 8.78 Å². The van der Waals surface area contributed by atoms with Crippen LogP contribution in [-0.2, 0) is 6.54 Å². The van der Waals surface area contributed by atoms with Crippen molar-refractivity contribution in [2.75, 3.05) is 18.4 Å². The summed E-state index contributed by atoms with van der Waals surface area (Å²) in [4.78, 5) is 0. The summed E-state index contributed by atoms with van der Waals surface area (Å²) in [5, 5.41) is 12.5. The molecule has 7 heteroatoms. The van der Waals surface area contributed by atoms with Gasteiger partial charge in [0.05, 0.1) is 13.1 Å². The predicted octanol–water partition coefficient (Wildman–Crippen LogP) is 0.856. The molecule has 0 saturated carbocycles. The third kappa shape index (κ3) is 3.65. The first-order valence-electron chi connectivity index (χ1n) is 4.27. The van der Waals surface area contributed by atoms with E-state index in [-0.39, 0.29) is 6.01 Å². The Bertz CT molecular complexity index is 266. The number of rotatable bonds is 6. The lowest BCUT2D eigenvalue weighted by Crippen LogP contribution is -2.11. The van der Waals surface area contributed by atoms with Crippen LogP contribution in [-0.4, -0.2) is 29.7 Å². The molecule has 0 radical (unpaired) electrons. The smallest absolute Gasteiger partial charge is 0.315 e. The van der Waals surface area contributed by atoms with Gasteiger partial charge >= 0.3 is 6.01 Å². The zero-order chi connectivity index (χ0) is 10.4. The van der Waals surface area contributed by atoms with Crippen molar-refractivity contribution < 1.29 is 13.2 Å². The highest BCUT2D eigenvalue weighted by Gasteiger charge is 2.07. The topological polar surface area (TPSA) is 63.0 Å². The summed E-state index contributed by atoms with van der Waals surface area (Å²) in [6.45, 7) is 2.68. The van der Waals surface area contributed by atoms with Crippen LogP contribution in [0.5, 0.6) is 0 Å². The Hall–Kier alpha value is -1.24. The summed E-state index contributed by atoms with van der Waals surface area (Å²) in [7, 11) is 0. The Morgan fingerprint density at radius 1 is 1.43 bits per heavy atom. The molecule has 0 spiro atoms. The molecule has 0 atom stereocenters. The van der Waals surface area contributed by atoms with E-state index in [0.29, 0.717) is 12.4 Å². The standard InChI is InChI=1S/C7H12F2N4O/c1-2-10-4-6-12-13-7(14-6)11-3-5(8)9/h5,10H,2-4H2,1H3,(H,11,13). The lowest BCUT2D eigenvalue weighted by molar-refractivity contribution is 0.162. The zero-order valence-corrected chi connectivity index (χ0v) is 7.76. The fraction of sp³-hybridized carbons (Fsp3) is 0.714. The Morgan fingerprint density at radius 3 is 2.86 bits per heavy atom. The summed E-state index contributed by atoms with van der Waals surface area (Å²) in [6.07, 6.45) is -2.43. The number of halogens is 2. The molecule has 0 aliphatic carbocycles. The van der Waals surface area contributed by atoms with E-state index in [1.807, 2.05) is 6.92 Å². The number of aromatic nitrogens is 2. The van der Waals surface area contributed by atoms with Crippen molar-refractivity contribution in [1.82, 2.24) is 15.5 Å². The van der Waals surface area contributed by atoms with Crippen LogP contribution in [0.25, 0.3) is 0 Å². The first kappa shape index (κ1) is 10.8. The molecule has 0 amide bonds. The molecule has 1 aromatic rings. The van der Waals surface area contributed by atoms with E-state index in [1.54, 1.807) is 0 Å². The minimum atomic E-state index is -2.43. The lowest BCUT2D eigenvalue weighted by Gasteiger charge is -1.98. The highest BCUT2D eigenvalue weighted by atomic mass is 19.3. The number of anilines is 1. The molecule has 0 saturated heterocycles. The molecular formula is C7H12F2N4O. The van der Waals surface area contributed by atoms with Crippen molar-refractivity contribution in [3.63, 3.8) is 0 Å². The minimum absolute atomic E-state index is 0.0261. The average molecular weight is 206 g/mol. The summed E-state index contributed by atoms with van der Waals surface area (Å²) in [5.74, 6) is 0.378. The number of hydrogen-bond acceptors (Lipinski definition) is 5. The Morgan fingerprint density at radius 2 is 2.21 bits per heavy atom. The van der Waals surface area contributed by atoms with Crippen LogP contribution in [0.1, 0.15) is 12.8 Å². The maximum Gasteiger partial charge on any atom is 0.315 e. The second kappa shape index (κ2) is 5.48. The molecule has 1 aromatic heterocycles. The van der Waals surface area contributed by atoms with Gasteiger partial charge in [-0.05, 0) is 6.54 Å². The summed E-state index contributed by atoms with van der Waals surface area (Å²) in [5.41, 5.74) is 0. The van der Waals surface area contributed by atoms with Gasteiger partial charge in [0, 0.05) is 0 Å². The van der Waals surface area contributed by atoms with Crippen molar-refractivity contribution in [1.29, 1.82) is 0 Å². The van der Waals surface area contributed by atoms with Crippen LogP contribution in [0.3, 0.4) is 0 Å². The number of hydrogen-bond donors (Lipinski definition) is 2. The van der Waals surface area contributed by atoms with E-state index in [4.69, 9.17) is 4.42 Å². The molecular weight excluding hydrogens is 194 g/mol. The molecule has 2 N–H and O–H groups in total. The second-order valence-electron chi connectivity index (χ2n) is 2.55. The highest BCUT2D eigenvalue weighted by Crippen LogP contribution is 2.05. The third-order valence-corrected chi connectivity index (χ3v) is 1.40. The average Bonchev–Trinajstić information content (AvgIpc) is 2.59. The van der Waals surface area contributed by atoms with Crippen LogP contribution in [0.2, 0.25) is 0 Å². The van der Waals surface area contributed by atoms with Gasteiger partial charge < -0.3 is 15.1 Å². The first-order valence-corrected chi connectivity index (χ1v) is 4.27. The van der Waals surface area contributed by atoms with Crippen molar-refractivity contribution in [2.24, 2.45) is 0 Å². The molecule has 14 heavy (non-hydrogen) atoms. The van der Waals surface area contributed by atoms with Gasteiger partial charge in [-0.15, -0.1) is 5.10 Å². The molecule has 0 aromatic carbocycles. The monoisotopic (exact) mass is 206 g/mol. The van der Waals surface area contributed by atoms with Crippen LogP contribution >= 0.6 is 0 Å². The molecule has 0 bridgehead atoms. The van der Waals surface area contributed by atoms with Crippen molar-refractivity contribution in [2.45, 2.75) is 19.9 Å². The number of alkyl halides is 2. The van der Waals surface area contributed by atoms with E-state index < -0.39 is 13.0 Å². The minimum Gasteiger partial charge on any atom is -0.407 e. The van der Waals surface area contributed by atoms with Gasteiger partial charge in [0.15, 0.2) is 0 Å². The van der Waals surface area contributed by atoms with Crippen LogP contribution in [0, 0.1) is 0 Å². The largest absolute Gasteiger partial charge is 0.407 e. The van der Waals surface area contributed by atoms with Crippen molar-refractivity contribution in [3.8, 4) is 0 Å². The van der Waals surface area contributed by atoms with Gasteiger partial charge in [0.1, 0.15) is 0 Å². The normalized spacial score (nSPS) is 10.9. The maximum atomic E-state index is 11.8. The molecule has 5 nitrogen and oxygen atoms in total. The summed E-state index contributed by atoms with van der Waals surface area (Å²) in [6, 6.07) is 0.0261. The predicted molar refractivity (Wildman–Crippen MR) is 46.2 cm³/mol. The molecule has 1 heterocycles. The van der Waals surface area contributed by atoms with E-state index in [1.165, 1.54) is 0 Å². The molecule has 0 aliphatic rings. The molecule has 0 aliphatic heterocycles. The highest BCUT2D eigenvalue weighted by molar-refractivity contribution is 5.16. The summed E-state index contributed by atoms with van der Waals surface area (Å²) < 4.78 is 28.5. The van der Waals surface area contributed by atoms with Crippen LogP contribution in [0.4, 0.5) is 14.8 Å². The third-order valence-electron chi connectivity index (χ3n) is 1.40. The maximum absolute atomic E-state index is 11.8. The number of nitrogens with one attached hydrogen (secondary N) is 2. The Kier molecular flexibility index (Phi) is 4.24. The van der Waals surface area contributed by atoms with Crippen molar-refractivity contribution >= 4 is 6.01 Å². The van der Waals surface area contributed by atoms with Crippen molar-refractivity contribution in [3.05, 3.63) is 5.89 Å². The fourth-order valence-corrected chi connectivity index (χ4v) is 0.793. The van der Waals surface area contributed by atoms with Crippen LogP contribution < -0.4 is 10.6 Å². The van der Waals surface area contributed by atoms with Gasteiger partial charge in [-0.2, -0.15) is 0 Å². The van der Waals surface area contributed by atoms with Gasteiger partial charge in [-0.3, -0.25) is 0 Å². The van der Waals surface area contributed by atoms with Gasteiger partial charge in [-0.25, -0.2) is 8.78 Å². The quantitative estimate of drug-likeness (QED) is 0.722. The molecule has 0 unspecified atom stereocenters. The second-order valence-corrected chi connectivity index (χ2v) is 2.55. The van der Waals surface area contributed by atoms with Gasteiger partial charge in [0.2, 0.25) is 5.89 Å². The summed E-state index contributed by atoms with van der Waals surface area (Å²) >= 11 is 0. The van der Waals surface area contributed by atoms with Gasteiger partial charge in [-0.1, -0.05) is 12.0 Å². The first-order chi connectivity index (χ1) is 6.72. The lowest BCUT2D eigenvalue weighted by atomic mass is 10.6. The number of nitrogens with zero attached hydrogens (tertiary/aromatic N) is 2. The van der Waals surface area contributed by atoms with Crippen LogP contribution in [0.15, 0.2) is 4.42 Å². The SMILES string of the molecule is CCNCc1nnc(NCC(F)F)o1. The van der Waals surface area contributed by atoms with E-state index in [0.717, 1.165) is 6.54 Å². The Balaban J connectivity index is 2.35. The van der Waals surface area contributed by atoms with E-state index >= 15 is 0 Å². The molecule has 1 rings (SSSR count). The molecule has 0 fully saturated rings. The van der Waals surface area contributed by atoms with Gasteiger partial charge in [0.25, 0.3) is 6.43 Å². The van der Waals surface area contributed by atoms with E-state index in [2.05, 4.69) is 20.8 Å². The molecule has 80 valence electrons. The Labute approximate surface area is 79.9 Å². The fourth-order valence-electron chi connectivity index (χ4n) is 0.793.